The first-order valence-electron chi connectivity index (χ1n) is 13.7. The molecule has 7 nitrogen and oxygen atoms in total. The van der Waals surface area contributed by atoms with E-state index in [-0.39, 0.29) is 12.1 Å². The molecule has 8 heteroatoms. The Bertz CT molecular complexity index is 1180. The molecule has 1 atom stereocenters. The smallest absolute Gasteiger partial charge is 0.324 e. The summed E-state index contributed by atoms with van der Waals surface area (Å²) >= 11 is 2.32. The lowest BCUT2D eigenvalue weighted by atomic mass is 10.2. The van der Waals surface area contributed by atoms with Crippen molar-refractivity contribution in [3.05, 3.63) is 84.4 Å². The van der Waals surface area contributed by atoms with E-state index in [9.17, 15) is 4.79 Å². The van der Waals surface area contributed by atoms with Crippen LogP contribution in [0.2, 0.25) is 0 Å². The topological polar surface area (TPSA) is 48.5 Å². The molecule has 0 saturated carbocycles. The minimum Gasteiger partial charge on any atom is -0.489 e. The SMILES string of the molecule is CC(CI)OCCN1CCN(c2ccc(N3CCN(c4ccc(OCc5ccccc5)cc4)CC3)cc2)C1=O. The molecule has 0 aromatic heterocycles. The van der Waals surface area contributed by atoms with Crippen molar-refractivity contribution in [2.75, 3.05) is 71.5 Å². The van der Waals surface area contributed by atoms with Crippen LogP contribution in [-0.2, 0) is 11.3 Å². The van der Waals surface area contributed by atoms with Gasteiger partial charge in [-0.15, -0.1) is 0 Å². The number of urea groups is 1. The van der Waals surface area contributed by atoms with E-state index in [1.54, 1.807) is 0 Å². The molecule has 3 aromatic rings. The maximum atomic E-state index is 12.9. The zero-order valence-corrected chi connectivity index (χ0v) is 24.7. The number of ether oxygens (including phenoxy) is 2. The minimum absolute atomic E-state index is 0.0681. The van der Waals surface area contributed by atoms with E-state index in [4.69, 9.17) is 9.47 Å². The summed E-state index contributed by atoms with van der Waals surface area (Å²) in [5.41, 5.74) is 4.55. The van der Waals surface area contributed by atoms with E-state index < -0.39 is 0 Å². The summed E-state index contributed by atoms with van der Waals surface area (Å²) in [6.07, 6.45) is 0.221. The molecular weight excluding hydrogens is 603 g/mol. The van der Waals surface area contributed by atoms with Crippen LogP contribution in [-0.4, -0.2) is 73.9 Å². The van der Waals surface area contributed by atoms with Crippen LogP contribution in [0.3, 0.4) is 0 Å². The lowest BCUT2D eigenvalue weighted by Crippen LogP contribution is -2.46. The maximum absolute atomic E-state index is 12.9. The van der Waals surface area contributed by atoms with Gasteiger partial charge in [0, 0.05) is 67.3 Å². The molecule has 39 heavy (non-hydrogen) atoms. The van der Waals surface area contributed by atoms with Crippen LogP contribution in [0.1, 0.15) is 12.5 Å². The summed E-state index contributed by atoms with van der Waals surface area (Å²) < 4.78 is 12.7. The van der Waals surface area contributed by atoms with Gasteiger partial charge in [0.1, 0.15) is 12.4 Å². The number of rotatable bonds is 11. The molecule has 0 spiro atoms. The van der Waals surface area contributed by atoms with E-state index in [1.807, 2.05) is 28.0 Å². The second-order valence-electron chi connectivity index (χ2n) is 10.0. The van der Waals surface area contributed by atoms with Crippen LogP contribution in [0.5, 0.6) is 5.75 Å². The fourth-order valence-electron chi connectivity index (χ4n) is 5.00. The van der Waals surface area contributed by atoms with E-state index >= 15 is 0 Å². The second kappa shape index (κ2) is 13.4. The number of benzene rings is 3. The predicted molar refractivity (Wildman–Crippen MR) is 167 cm³/mol. The average Bonchev–Trinajstić information content (AvgIpc) is 3.36. The van der Waals surface area contributed by atoms with Crippen molar-refractivity contribution in [2.24, 2.45) is 0 Å². The minimum atomic E-state index is 0.0681. The highest BCUT2D eigenvalue weighted by Crippen LogP contribution is 2.27. The van der Waals surface area contributed by atoms with Gasteiger partial charge in [-0.25, -0.2) is 4.79 Å². The lowest BCUT2D eigenvalue weighted by Gasteiger charge is -2.37. The number of carbonyl (C=O) groups is 1. The Balaban J connectivity index is 1.08. The van der Waals surface area contributed by atoms with Crippen molar-refractivity contribution in [2.45, 2.75) is 19.6 Å². The molecule has 2 fully saturated rings. The van der Waals surface area contributed by atoms with E-state index in [2.05, 4.69) is 100.0 Å². The number of hydrogen-bond donors (Lipinski definition) is 0. The van der Waals surface area contributed by atoms with Gasteiger partial charge in [-0.3, -0.25) is 4.90 Å². The number of carbonyl (C=O) groups excluding carboxylic acids is 1. The molecule has 2 saturated heterocycles. The molecule has 0 bridgehead atoms. The molecule has 0 aliphatic carbocycles. The summed E-state index contributed by atoms with van der Waals surface area (Å²) in [6, 6.07) is 27.2. The van der Waals surface area contributed by atoms with Crippen LogP contribution >= 0.6 is 22.6 Å². The third-order valence-electron chi connectivity index (χ3n) is 7.33. The molecule has 0 radical (unpaired) electrons. The normalized spacial score (nSPS) is 16.6. The molecule has 3 aromatic carbocycles. The highest BCUT2D eigenvalue weighted by atomic mass is 127. The van der Waals surface area contributed by atoms with Gasteiger partial charge in [0.05, 0.1) is 12.7 Å². The molecule has 1 unspecified atom stereocenters. The van der Waals surface area contributed by atoms with Crippen molar-refractivity contribution in [1.82, 2.24) is 4.90 Å². The van der Waals surface area contributed by atoms with Gasteiger partial charge in [0.25, 0.3) is 0 Å². The fraction of sp³-hybridized carbons (Fsp3) is 0.387. The second-order valence-corrected chi connectivity index (χ2v) is 10.9. The first-order chi connectivity index (χ1) is 19.1. The van der Waals surface area contributed by atoms with Gasteiger partial charge in [-0.05, 0) is 61.0 Å². The van der Waals surface area contributed by atoms with Crippen LogP contribution in [0.4, 0.5) is 21.9 Å². The van der Waals surface area contributed by atoms with Crippen molar-refractivity contribution in [3.63, 3.8) is 0 Å². The standard InChI is InChI=1S/C31H37IN4O3/c1-25(23-32)38-22-21-35-19-20-36(31(35)37)29-9-7-27(8-10-29)33-15-17-34(18-16-33)28-11-13-30(14-12-28)39-24-26-5-3-2-4-6-26/h2-14,25H,15-24H2,1H3. The monoisotopic (exact) mass is 640 g/mol. The Morgan fingerprint density at radius 3 is 1.97 bits per heavy atom. The van der Waals surface area contributed by atoms with Gasteiger partial charge in [0.2, 0.25) is 0 Å². The third kappa shape index (κ3) is 7.16. The van der Waals surface area contributed by atoms with Crippen molar-refractivity contribution in [1.29, 1.82) is 0 Å². The molecule has 206 valence electrons. The van der Waals surface area contributed by atoms with Gasteiger partial charge >= 0.3 is 6.03 Å². The molecule has 2 heterocycles. The van der Waals surface area contributed by atoms with E-state index in [1.165, 1.54) is 16.9 Å². The van der Waals surface area contributed by atoms with Crippen LogP contribution < -0.4 is 19.4 Å². The zero-order valence-electron chi connectivity index (χ0n) is 22.5. The highest BCUT2D eigenvalue weighted by Gasteiger charge is 2.29. The number of anilines is 3. The molecule has 2 aliphatic rings. The molecular formula is C31H37IN4O3. The first kappa shape index (κ1) is 27.6. The van der Waals surface area contributed by atoms with Crippen molar-refractivity contribution >= 4 is 45.7 Å². The van der Waals surface area contributed by atoms with E-state index in [0.29, 0.717) is 19.8 Å². The lowest BCUT2D eigenvalue weighted by molar-refractivity contribution is 0.0723. The summed E-state index contributed by atoms with van der Waals surface area (Å²) in [6.45, 7) is 9.16. The molecule has 0 N–H and O–H groups in total. The highest BCUT2D eigenvalue weighted by molar-refractivity contribution is 14.1. The third-order valence-corrected chi connectivity index (χ3v) is 8.57. The summed E-state index contributed by atoms with van der Waals surface area (Å²) in [5, 5.41) is 0. The number of hydrogen-bond acceptors (Lipinski definition) is 5. The van der Waals surface area contributed by atoms with Gasteiger partial charge in [-0.1, -0.05) is 52.9 Å². The Hall–Kier alpha value is -2.98. The van der Waals surface area contributed by atoms with Crippen molar-refractivity contribution in [3.8, 4) is 5.75 Å². The van der Waals surface area contributed by atoms with E-state index in [0.717, 1.165) is 55.1 Å². The Morgan fingerprint density at radius 1 is 0.769 bits per heavy atom. The first-order valence-corrected chi connectivity index (χ1v) is 15.2. The predicted octanol–water partition coefficient (Wildman–Crippen LogP) is 5.67. The van der Waals surface area contributed by atoms with Crippen LogP contribution in [0.15, 0.2) is 78.9 Å². The summed E-state index contributed by atoms with van der Waals surface area (Å²) in [7, 11) is 0. The average molecular weight is 641 g/mol. The Labute approximate surface area is 245 Å². The number of halogens is 1. The van der Waals surface area contributed by atoms with Gasteiger partial charge < -0.3 is 24.2 Å². The summed E-state index contributed by atoms with van der Waals surface area (Å²) in [5.74, 6) is 0.889. The van der Waals surface area contributed by atoms with Gasteiger partial charge in [-0.2, -0.15) is 0 Å². The molecule has 2 aliphatic heterocycles. The largest absolute Gasteiger partial charge is 0.489 e. The quantitative estimate of drug-likeness (QED) is 0.200. The zero-order chi connectivity index (χ0) is 27.0. The fourth-order valence-corrected chi connectivity index (χ4v) is 5.25. The number of alkyl halides is 1. The Kier molecular flexibility index (Phi) is 9.47. The number of amides is 2. The van der Waals surface area contributed by atoms with Crippen molar-refractivity contribution < 1.29 is 14.3 Å². The Morgan fingerprint density at radius 2 is 1.36 bits per heavy atom. The van der Waals surface area contributed by atoms with Gasteiger partial charge in [0.15, 0.2) is 0 Å². The van der Waals surface area contributed by atoms with Crippen LogP contribution in [0, 0.1) is 0 Å². The van der Waals surface area contributed by atoms with Crippen LogP contribution in [0.25, 0.3) is 0 Å². The maximum Gasteiger partial charge on any atom is 0.324 e. The molecule has 5 rings (SSSR count). The number of nitrogens with zero attached hydrogens (tertiary/aromatic N) is 4. The number of piperazine rings is 1. The summed E-state index contributed by atoms with van der Waals surface area (Å²) in [4.78, 5) is 21.5. The molecule has 2 amide bonds.